The first kappa shape index (κ1) is 20.5. The van der Waals surface area contributed by atoms with Gasteiger partial charge in [0.05, 0.1) is 47.7 Å². The highest BCUT2D eigenvalue weighted by Gasteiger charge is 2.60. The van der Waals surface area contributed by atoms with E-state index in [-0.39, 0.29) is 33.3 Å². The lowest BCUT2D eigenvalue weighted by Crippen LogP contribution is -2.71. The molecule has 1 saturated heterocycles. The van der Waals surface area contributed by atoms with Gasteiger partial charge in [0, 0.05) is 5.69 Å². The maximum Gasteiger partial charge on any atom is 0.263 e. The number of anilines is 1. The molecular formula is C14H7B7N4O3. The van der Waals surface area contributed by atoms with E-state index in [2.05, 4.69) is 4.98 Å². The van der Waals surface area contributed by atoms with Gasteiger partial charge in [0.2, 0.25) is 11.8 Å². The highest BCUT2D eigenvalue weighted by Crippen LogP contribution is 2.54. The van der Waals surface area contributed by atoms with Gasteiger partial charge in [-0.05, 0) is 18.2 Å². The summed E-state index contributed by atoms with van der Waals surface area (Å²) in [5.74, 6) is -2.50. The van der Waals surface area contributed by atoms with Crippen molar-refractivity contribution >= 4 is 94.3 Å². The molecule has 2 heterocycles. The van der Waals surface area contributed by atoms with Gasteiger partial charge in [0.1, 0.15) is 29.4 Å². The number of imide groups is 1. The van der Waals surface area contributed by atoms with Gasteiger partial charge in [-0.1, -0.05) is 16.1 Å². The van der Waals surface area contributed by atoms with E-state index in [1.54, 1.807) is 0 Å². The van der Waals surface area contributed by atoms with Crippen LogP contribution in [0.25, 0.3) is 10.9 Å². The van der Waals surface area contributed by atoms with Crippen LogP contribution in [0.3, 0.4) is 0 Å². The first-order chi connectivity index (χ1) is 12.7. The molecule has 0 spiro atoms. The molecule has 3 N–H and O–H groups in total. The molecule has 2 amide bonds. The van der Waals surface area contributed by atoms with Gasteiger partial charge >= 0.3 is 0 Å². The number of nitrogens with two attached hydrogens (primary N) is 1. The molecule has 28 heavy (non-hydrogen) atoms. The molecule has 7 nitrogen and oxygen atoms in total. The number of fused-ring (bicyclic) bond motifs is 1. The van der Waals surface area contributed by atoms with Crippen molar-refractivity contribution < 1.29 is 9.59 Å². The molecule has 1 aromatic carbocycles. The summed E-state index contributed by atoms with van der Waals surface area (Å²) in [6.45, 7) is 1.34. The van der Waals surface area contributed by atoms with Gasteiger partial charge in [0.15, 0.2) is 0 Å². The standard InChI is InChI=1S/C14H7B7N4O3/c1-3-23-8-6(5(22)2-4(15)7(8)16)9(26)25(3)13(19)11(28)24-10(27)12(17,18)14(13,20)21/h2H,22H2,1H3,(H,24,27,28). The average molecular weight is 355 g/mol. The topological polar surface area (TPSA) is 107 Å². The number of benzene rings is 1. The van der Waals surface area contributed by atoms with Crippen molar-refractivity contribution in [3.05, 3.63) is 22.2 Å². The molecule has 0 aliphatic carbocycles. The number of carbonyl (C=O) groups excluding carboxylic acids is 2. The summed E-state index contributed by atoms with van der Waals surface area (Å²) in [5, 5.41) is -3.41. The molecular weight excluding hydrogens is 348 g/mol. The largest absolute Gasteiger partial charge is 0.398 e. The summed E-state index contributed by atoms with van der Waals surface area (Å²) in [6.07, 6.45) is 0. The van der Waals surface area contributed by atoms with Gasteiger partial charge in [-0.15, -0.1) is 0 Å². The number of rotatable bonds is 1. The molecule has 3 rings (SSSR count). The van der Waals surface area contributed by atoms with Gasteiger partial charge in [0.25, 0.3) is 5.56 Å². The minimum atomic E-state index is -2.60. The molecule has 122 valence electrons. The second-order valence-electron chi connectivity index (χ2n) is 6.78. The van der Waals surface area contributed by atoms with Crippen LogP contribution in [0, 0.1) is 6.92 Å². The number of aromatic nitrogens is 2. The van der Waals surface area contributed by atoms with Crippen molar-refractivity contribution in [1.29, 1.82) is 0 Å². The molecule has 1 fully saturated rings. The highest BCUT2D eigenvalue weighted by atomic mass is 16.2. The predicted molar refractivity (Wildman–Crippen MR) is 111 cm³/mol. The van der Waals surface area contributed by atoms with E-state index in [9.17, 15) is 14.4 Å². The monoisotopic (exact) mass is 356 g/mol. The highest BCUT2D eigenvalue weighted by molar-refractivity contribution is 6.66. The fraction of sp³-hybridized carbons (Fsp3) is 0.286. The van der Waals surface area contributed by atoms with E-state index in [1.165, 1.54) is 13.0 Å². The molecule has 0 saturated carbocycles. The number of nitrogen functional groups attached to an aromatic ring is 1. The zero-order valence-electron chi connectivity index (χ0n) is 14.8. The summed E-state index contributed by atoms with van der Waals surface area (Å²) >= 11 is 0. The third kappa shape index (κ3) is 2.26. The van der Waals surface area contributed by atoms with E-state index in [0.717, 1.165) is 0 Å². The Morgan fingerprint density at radius 1 is 1.07 bits per heavy atom. The summed E-state index contributed by atoms with van der Waals surface area (Å²) in [5.41, 5.74) is 2.42. The average Bonchev–Trinajstić information content (AvgIpc) is 2.57. The fourth-order valence-corrected chi connectivity index (χ4v) is 3.23. The number of amides is 2. The van der Waals surface area contributed by atoms with Crippen molar-refractivity contribution in [3.8, 4) is 0 Å². The van der Waals surface area contributed by atoms with Crippen LogP contribution >= 0.6 is 0 Å². The Bertz CT molecular complexity index is 1130. The van der Waals surface area contributed by atoms with Crippen molar-refractivity contribution in [1.82, 2.24) is 14.9 Å². The minimum Gasteiger partial charge on any atom is -0.398 e. The molecule has 14 radical (unpaired) electrons. The van der Waals surface area contributed by atoms with E-state index in [1.807, 2.05) is 5.32 Å². The van der Waals surface area contributed by atoms with E-state index >= 15 is 0 Å². The number of piperidine rings is 1. The predicted octanol–water partition coefficient (Wildman–Crippen LogP) is -4.74. The Labute approximate surface area is 169 Å². The molecule has 1 aliphatic rings. The molecule has 1 aliphatic heterocycles. The van der Waals surface area contributed by atoms with Gasteiger partial charge in [-0.3, -0.25) is 24.3 Å². The number of carbonyl (C=O) groups is 2. The van der Waals surface area contributed by atoms with Crippen LogP contribution in [0.4, 0.5) is 5.69 Å². The van der Waals surface area contributed by atoms with Crippen LogP contribution in [0.1, 0.15) is 5.82 Å². The van der Waals surface area contributed by atoms with E-state index in [0.29, 0.717) is 4.57 Å². The zero-order chi connectivity index (χ0) is 21.4. The Hall–Kier alpha value is -2.25. The van der Waals surface area contributed by atoms with Crippen LogP contribution in [0.5, 0.6) is 0 Å². The van der Waals surface area contributed by atoms with Gasteiger partial charge in [-0.2, -0.15) is 0 Å². The lowest BCUT2D eigenvalue weighted by Gasteiger charge is -2.58. The van der Waals surface area contributed by atoms with Crippen molar-refractivity contribution in [2.45, 2.75) is 22.8 Å². The first-order valence-electron chi connectivity index (χ1n) is 7.87. The maximum atomic E-state index is 13.3. The fourth-order valence-electron chi connectivity index (χ4n) is 3.23. The normalized spacial score (nSPS) is 23.5. The van der Waals surface area contributed by atoms with E-state index < -0.39 is 33.2 Å². The zero-order valence-corrected chi connectivity index (χ0v) is 14.8. The number of hydrogen-bond donors (Lipinski definition) is 2. The minimum absolute atomic E-state index is 0.00135. The second kappa shape index (κ2) is 5.88. The van der Waals surface area contributed by atoms with Crippen LogP contribution in [0.2, 0.25) is 10.4 Å². The van der Waals surface area contributed by atoms with Crippen LogP contribution in [-0.2, 0) is 15.0 Å². The third-order valence-electron chi connectivity index (χ3n) is 5.03. The molecule has 1 unspecified atom stereocenters. The van der Waals surface area contributed by atoms with Crippen LogP contribution in [0.15, 0.2) is 10.9 Å². The number of nitrogens with zero attached hydrogens (tertiary/aromatic N) is 2. The third-order valence-corrected chi connectivity index (χ3v) is 5.03. The van der Waals surface area contributed by atoms with Crippen molar-refractivity contribution in [2.75, 3.05) is 5.73 Å². The summed E-state index contributed by atoms with van der Waals surface area (Å²) in [6, 6.07) is 1.25. The maximum absolute atomic E-state index is 13.3. The SMILES string of the molecule is [B]c1cc(N)c2c(=O)n(C3([B])C(=O)NC(=O)C([B])([B])C3([B])[B])c(C)nc2c1[B]. The van der Waals surface area contributed by atoms with Crippen molar-refractivity contribution in [2.24, 2.45) is 0 Å². The summed E-state index contributed by atoms with van der Waals surface area (Å²) in [7, 11) is 41.3. The second-order valence-corrected chi connectivity index (χ2v) is 6.78. The molecule has 1 atom stereocenters. The Morgan fingerprint density at radius 2 is 1.64 bits per heavy atom. The molecule has 2 aromatic rings. The van der Waals surface area contributed by atoms with E-state index in [4.69, 9.17) is 60.7 Å². The number of nitrogens with one attached hydrogen (secondary N) is 1. The van der Waals surface area contributed by atoms with Crippen LogP contribution in [-0.4, -0.2) is 76.3 Å². The van der Waals surface area contributed by atoms with Crippen molar-refractivity contribution in [3.63, 3.8) is 0 Å². The first-order valence-corrected chi connectivity index (χ1v) is 7.87. The van der Waals surface area contributed by atoms with Gasteiger partial charge < -0.3 is 5.73 Å². The molecule has 0 bridgehead atoms. The lowest BCUT2D eigenvalue weighted by atomic mass is 9.21. The molecule has 14 heteroatoms. The smallest absolute Gasteiger partial charge is 0.263 e. The van der Waals surface area contributed by atoms with Gasteiger partial charge in [-0.25, -0.2) is 4.98 Å². The quantitative estimate of drug-likeness (QED) is 0.304. The lowest BCUT2D eigenvalue weighted by molar-refractivity contribution is -0.139. The summed E-state index contributed by atoms with van der Waals surface area (Å²) in [4.78, 5) is 42.2. The van der Waals surface area contributed by atoms with Crippen LogP contribution < -0.4 is 27.5 Å². The number of hydrogen-bond acceptors (Lipinski definition) is 5. The Balaban J connectivity index is 2.49. The molecule has 1 aromatic heterocycles. The summed E-state index contributed by atoms with van der Waals surface area (Å²) < 4.78 is 0.678. The Kier molecular flexibility index (Phi) is 4.30. The number of aryl methyl sites for hydroxylation is 1. The Morgan fingerprint density at radius 3 is 2.21 bits per heavy atom.